The minimum atomic E-state index is -0.899. The zero-order valence-corrected chi connectivity index (χ0v) is 8.73. The third kappa shape index (κ3) is 1.61. The van der Waals surface area contributed by atoms with E-state index < -0.39 is 11.5 Å². The van der Waals surface area contributed by atoms with E-state index in [0.717, 1.165) is 0 Å². The Morgan fingerprint density at radius 2 is 2.13 bits per heavy atom. The van der Waals surface area contributed by atoms with Gasteiger partial charge in [-0.15, -0.1) is 0 Å². The summed E-state index contributed by atoms with van der Waals surface area (Å²) in [5, 5.41) is 8.80. The molecule has 2 aliphatic rings. The number of carbonyl (C=O) groups is 2. The molecule has 5 nitrogen and oxygen atoms in total. The van der Waals surface area contributed by atoms with Gasteiger partial charge in [0.25, 0.3) is 0 Å². The summed E-state index contributed by atoms with van der Waals surface area (Å²) >= 11 is 0. The number of carboxylic acid groups (broad SMARTS) is 1. The highest BCUT2D eigenvalue weighted by molar-refractivity contribution is 5.90. The Bertz CT molecular complexity index is 294. The second-order valence-electron chi connectivity index (χ2n) is 4.37. The van der Waals surface area contributed by atoms with Crippen molar-refractivity contribution in [2.24, 2.45) is 5.41 Å². The largest absolute Gasteiger partial charge is 0.465 e. The number of hydrogen-bond acceptors (Lipinski definition) is 3. The number of rotatable bonds is 0. The summed E-state index contributed by atoms with van der Waals surface area (Å²) in [6, 6.07) is 0. The first-order chi connectivity index (χ1) is 7.05. The van der Waals surface area contributed by atoms with Crippen LogP contribution in [0.5, 0.6) is 0 Å². The molecule has 0 unspecified atom stereocenters. The predicted octanol–water partition coefficient (Wildman–Crippen LogP) is 0.734. The zero-order valence-electron chi connectivity index (χ0n) is 8.73. The number of carbonyl (C=O) groups excluding carboxylic acids is 1. The molecular formula is C10H15NO4. The Labute approximate surface area is 88.0 Å². The molecule has 1 atom stereocenters. The van der Waals surface area contributed by atoms with Gasteiger partial charge in [-0.2, -0.15) is 0 Å². The van der Waals surface area contributed by atoms with Gasteiger partial charge in [0.1, 0.15) is 6.10 Å². The van der Waals surface area contributed by atoms with E-state index in [1.54, 1.807) is 6.92 Å². The highest BCUT2D eigenvalue weighted by atomic mass is 16.5. The molecule has 0 bridgehead atoms. The normalized spacial score (nSPS) is 29.8. The first kappa shape index (κ1) is 10.4. The summed E-state index contributed by atoms with van der Waals surface area (Å²) in [7, 11) is 0. The zero-order chi connectivity index (χ0) is 11.1. The second kappa shape index (κ2) is 3.48. The van der Waals surface area contributed by atoms with Crippen LogP contribution in [-0.2, 0) is 9.53 Å². The van der Waals surface area contributed by atoms with Crippen molar-refractivity contribution in [3.8, 4) is 0 Å². The average Bonchev–Trinajstić information content (AvgIpc) is 2.48. The third-order valence-corrected chi connectivity index (χ3v) is 3.49. The smallest absolute Gasteiger partial charge is 0.407 e. The van der Waals surface area contributed by atoms with E-state index in [0.29, 0.717) is 32.5 Å². The molecule has 2 saturated heterocycles. The summed E-state index contributed by atoms with van der Waals surface area (Å²) in [5.74, 6) is 0.146. The number of ether oxygens (including phenoxy) is 1. The molecule has 5 heteroatoms. The standard InChI is InChI=1S/C10H15NO4/c1-7-8(12)10(6-15-7)2-4-11(5-3-10)9(13)14/h7H,2-6H2,1H3,(H,13,14)/t7-/m0/s1. The molecule has 1 amide bonds. The molecule has 0 saturated carbocycles. The molecule has 15 heavy (non-hydrogen) atoms. The highest BCUT2D eigenvalue weighted by Crippen LogP contribution is 2.38. The van der Waals surface area contributed by atoms with Gasteiger partial charge < -0.3 is 14.7 Å². The maximum absolute atomic E-state index is 11.9. The van der Waals surface area contributed by atoms with Gasteiger partial charge in [0, 0.05) is 13.1 Å². The summed E-state index contributed by atoms with van der Waals surface area (Å²) in [6.07, 6.45) is -0.0176. The van der Waals surface area contributed by atoms with Crippen LogP contribution in [0, 0.1) is 5.41 Å². The molecule has 2 rings (SSSR count). The maximum atomic E-state index is 11.9. The van der Waals surface area contributed by atoms with Crippen LogP contribution in [0.25, 0.3) is 0 Å². The average molecular weight is 213 g/mol. The van der Waals surface area contributed by atoms with Gasteiger partial charge in [-0.25, -0.2) is 4.79 Å². The minimum Gasteiger partial charge on any atom is -0.465 e. The fourth-order valence-corrected chi connectivity index (χ4v) is 2.38. The molecule has 0 aromatic carbocycles. The highest BCUT2D eigenvalue weighted by Gasteiger charge is 2.49. The Kier molecular flexibility index (Phi) is 2.42. The van der Waals surface area contributed by atoms with Crippen molar-refractivity contribution in [1.82, 2.24) is 4.90 Å². The van der Waals surface area contributed by atoms with E-state index in [2.05, 4.69) is 0 Å². The first-order valence-corrected chi connectivity index (χ1v) is 5.19. The Morgan fingerprint density at radius 1 is 1.53 bits per heavy atom. The summed E-state index contributed by atoms with van der Waals surface area (Å²) in [6.45, 7) is 3.11. The van der Waals surface area contributed by atoms with E-state index in [9.17, 15) is 9.59 Å². The minimum absolute atomic E-state index is 0.146. The van der Waals surface area contributed by atoms with Crippen LogP contribution in [0.1, 0.15) is 19.8 Å². The third-order valence-electron chi connectivity index (χ3n) is 3.49. The van der Waals surface area contributed by atoms with Crippen LogP contribution in [0.15, 0.2) is 0 Å². The van der Waals surface area contributed by atoms with Crippen LogP contribution < -0.4 is 0 Å². The fourth-order valence-electron chi connectivity index (χ4n) is 2.38. The molecule has 1 spiro atoms. The van der Waals surface area contributed by atoms with E-state index in [-0.39, 0.29) is 11.9 Å². The SMILES string of the molecule is C[C@@H]1OCC2(CCN(C(=O)O)CC2)C1=O. The van der Waals surface area contributed by atoms with Crippen LogP contribution >= 0.6 is 0 Å². The summed E-state index contributed by atoms with van der Waals surface area (Å²) in [5.41, 5.74) is -0.397. The molecule has 0 radical (unpaired) electrons. The molecule has 2 fully saturated rings. The van der Waals surface area contributed by atoms with Crippen molar-refractivity contribution in [2.75, 3.05) is 19.7 Å². The van der Waals surface area contributed by atoms with Crippen LogP contribution in [-0.4, -0.2) is 47.7 Å². The van der Waals surface area contributed by atoms with Gasteiger partial charge in [-0.3, -0.25) is 4.79 Å². The monoisotopic (exact) mass is 213 g/mol. The van der Waals surface area contributed by atoms with Gasteiger partial charge in [0.2, 0.25) is 0 Å². The molecule has 2 heterocycles. The van der Waals surface area contributed by atoms with E-state index >= 15 is 0 Å². The molecule has 2 aliphatic heterocycles. The Hall–Kier alpha value is -1.10. The molecular weight excluding hydrogens is 198 g/mol. The van der Waals surface area contributed by atoms with Crippen molar-refractivity contribution in [3.05, 3.63) is 0 Å². The number of likely N-dealkylation sites (tertiary alicyclic amines) is 1. The second-order valence-corrected chi connectivity index (χ2v) is 4.37. The lowest BCUT2D eigenvalue weighted by molar-refractivity contribution is -0.129. The number of piperidine rings is 1. The molecule has 0 aromatic rings. The van der Waals surface area contributed by atoms with Gasteiger partial charge in [-0.1, -0.05) is 0 Å². The number of ketones is 1. The molecule has 84 valence electrons. The molecule has 1 N–H and O–H groups in total. The van der Waals surface area contributed by atoms with Crippen molar-refractivity contribution < 1.29 is 19.4 Å². The van der Waals surface area contributed by atoms with Gasteiger partial charge in [-0.05, 0) is 19.8 Å². The van der Waals surface area contributed by atoms with Crippen molar-refractivity contribution >= 4 is 11.9 Å². The molecule has 0 aromatic heterocycles. The van der Waals surface area contributed by atoms with Gasteiger partial charge >= 0.3 is 6.09 Å². The quantitative estimate of drug-likeness (QED) is 0.644. The summed E-state index contributed by atoms with van der Waals surface area (Å²) in [4.78, 5) is 23.9. The fraction of sp³-hybridized carbons (Fsp3) is 0.800. The first-order valence-electron chi connectivity index (χ1n) is 5.19. The van der Waals surface area contributed by atoms with E-state index in [1.807, 2.05) is 0 Å². The van der Waals surface area contributed by atoms with Crippen molar-refractivity contribution in [3.63, 3.8) is 0 Å². The van der Waals surface area contributed by atoms with E-state index in [1.165, 1.54) is 4.90 Å². The Morgan fingerprint density at radius 3 is 2.53 bits per heavy atom. The number of hydrogen-bond donors (Lipinski definition) is 1. The van der Waals surface area contributed by atoms with E-state index in [4.69, 9.17) is 9.84 Å². The van der Waals surface area contributed by atoms with Crippen LogP contribution in [0.2, 0.25) is 0 Å². The Balaban J connectivity index is 2.04. The van der Waals surface area contributed by atoms with Crippen molar-refractivity contribution in [1.29, 1.82) is 0 Å². The topological polar surface area (TPSA) is 66.8 Å². The maximum Gasteiger partial charge on any atom is 0.407 e. The lowest BCUT2D eigenvalue weighted by Crippen LogP contribution is -2.46. The van der Waals surface area contributed by atoms with Gasteiger partial charge in [0.05, 0.1) is 12.0 Å². The number of nitrogens with zero attached hydrogens (tertiary/aromatic N) is 1. The number of amides is 1. The molecule has 0 aliphatic carbocycles. The predicted molar refractivity (Wildman–Crippen MR) is 51.7 cm³/mol. The van der Waals surface area contributed by atoms with Crippen LogP contribution in [0.3, 0.4) is 0 Å². The summed E-state index contributed by atoms with van der Waals surface area (Å²) < 4.78 is 5.34. The lowest BCUT2D eigenvalue weighted by Gasteiger charge is -2.35. The van der Waals surface area contributed by atoms with Crippen molar-refractivity contribution in [2.45, 2.75) is 25.9 Å². The lowest BCUT2D eigenvalue weighted by atomic mass is 9.76. The van der Waals surface area contributed by atoms with Gasteiger partial charge in [0.15, 0.2) is 5.78 Å². The van der Waals surface area contributed by atoms with Crippen LogP contribution in [0.4, 0.5) is 4.79 Å². The number of Topliss-reactive ketones (excluding diaryl/α,β-unsaturated/α-hetero) is 1.